The molecule has 6 nitrogen and oxygen atoms in total. The van der Waals surface area contributed by atoms with E-state index in [-0.39, 0.29) is 11.9 Å². The number of amides is 3. The molecule has 1 heterocycles. The number of carbonyl (C=O) groups is 2. The van der Waals surface area contributed by atoms with Crippen LogP contribution in [0.15, 0.2) is 33.9 Å². The lowest BCUT2D eigenvalue weighted by Crippen LogP contribution is -2.46. The Labute approximate surface area is 137 Å². The van der Waals surface area contributed by atoms with Crippen molar-refractivity contribution >= 4 is 27.9 Å². The molecular weight excluding hydrogens is 350 g/mol. The summed E-state index contributed by atoms with van der Waals surface area (Å²) in [4.78, 5) is 25.8. The normalized spacial score (nSPS) is 17.7. The van der Waals surface area contributed by atoms with Gasteiger partial charge in [-0.05, 0) is 25.1 Å². The molecule has 1 aromatic carbocycles. The van der Waals surface area contributed by atoms with Gasteiger partial charge in [0.25, 0.3) is 5.91 Å². The Morgan fingerprint density at radius 2 is 2.05 bits per heavy atom. The molecule has 0 saturated heterocycles. The van der Waals surface area contributed by atoms with E-state index in [1.165, 1.54) is 4.90 Å². The molecule has 2 rings (SSSR count). The Kier molecular flexibility index (Phi) is 4.75. The van der Waals surface area contributed by atoms with Crippen molar-refractivity contribution in [1.29, 1.82) is 0 Å². The highest BCUT2D eigenvalue weighted by Crippen LogP contribution is 2.35. The molecule has 1 aliphatic rings. The molecule has 7 heteroatoms. The average molecular weight is 368 g/mol. The Bertz CT molecular complexity index is 655. The fourth-order valence-electron chi connectivity index (χ4n) is 2.38. The Morgan fingerprint density at radius 1 is 1.36 bits per heavy atom. The van der Waals surface area contributed by atoms with Gasteiger partial charge in [0.15, 0.2) is 0 Å². The lowest BCUT2D eigenvalue weighted by atomic mass is 9.94. The number of nitrogens with one attached hydrogen (secondary N) is 2. The van der Waals surface area contributed by atoms with Crippen LogP contribution in [-0.2, 0) is 4.79 Å². The first-order valence-electron chi connectivity index (χ1n) is 6.68. The molecule has 2 N–H and O–H groups in total. The summed E-state index contributed by atoms with van der Waals surface area (Å²) in [5.41, 5.74) is 1.74. The van der Waals surface area contributed by atoms with E-state index in [1.54, 1.807) is 34.2 Å². The molecular formula is C15H18BrN3O3. The van der Waals surface area contributed by atoms with Gasteiger partial charge in [0, 0.05) is 29.8 Å². The summed E-state index contributed by atoms with van der Waals surface area (Å²) in [5, 5.41) is 5.44. The molecule has 1 atom stereocenters. The molecule has 1 aromatic rings. The number of halogens is 1. The van der Waals surface area contributed by atoms with Crippen LogP contribution >= 0.6 is 15.9 Å². The largest absolute Gasteiger partial charge is 0.496 e. The number of carbonyl (C=O) groups excluding carboxylic acids is 2. The van der Waals surface area contributed by atoms with Crippen LogP contribution in [0.4, 0.5) is 4.79 Å². The van der Waals surface area contributed by atoms with Crippen LogP contribution in [0.1, 0.15) is 18.5 Å². The number of nitrogens with zero attached hydrogens (tertiary/aromatic N) is 1. The van der Waals surface area contributed by atoms with Crippen molar-refractivity contribution in [1.82, 2.24) is 15.5 Å². The number of hydrogen-bond acceptors (Lipinski definition) is 3. The van der Waals surface area contributed by atoms with Gasteiger partial charge in [0.2, 0.25) is 0 Å². The van der Waals surface area contributed by atoms with Crippen molar-refractivity contribution in [3.8, 4) is 5.75 Å². The molecule has 0 spiro atoms. The average Bonchev–Trinajstić information content (AvgIpc) is 2.45. The van der Waals surface area contributed by atoms with Crippen molar-refractivity contribution in [2.24, 2.45) is 0 Å². The van der Waals surface area contributed by atoms with Gasteiger partial charge in [-0.1, -0.05) is 15.9 Å². The number of allylic oxidation sites excluding steroid dienone is 1. The lowest BCUT2D eigenvalue weighted by Gasteiger charge is -2.30. The number of benzene rings is 1. The maximum atomic E-state index is 12.5. The fourth-order valence-corrected chi connectivity index (χ4v) is 2.76. The SMILES string of the molecule is COc1ccc(Br)cc1[C@@H]1NC(=O)NC(C)=C1C(=O)N(C)C. The van der Waals surface area contributed by atoms with E-state index in [4.69, 9.17) is 4.74 Å². The first-order valence-corrected chi connectivity index (χ1v) is 7.47. The van der Waals surface area contributed by atoms with E-state index >= 15 is 0 Å². The van der Waals surface area contributed by atoms with Gasteiger partial charge in [0.1, 0.15) is 5.75 Å². The van der Waals surface area contributed by atoms with Gasteiger partial charge >= 0.3 is 6.03 Å². The number of urea groups is 1. The summed E-state index contributed by atoms with van der Waals surface area (Å²) in [5.74, 6) is 0.435. The van der Waals surface area contributed by atoms with Gasteiger partial charge in [-0.2, -0.15) is 0 Å². The monoisotopic (exact) mass is 367 g/mol. The molecule has 118 valence electrons. The van der Waals surface area contributed by atoms with Crippen LogP contribution in [0.2, 0.25) is 0 Å². The minimum absolute atomic E-state index is 0.169. The standard InChI is InChI=1S/C15H18BrN3O3/c1-8-12(14(20)19(2)3)13(18-15(21)17-8)10-7-9(16)5-6-11(10)22-4/h5-7,13H,1-4H3,(H2,17,18,21)/t13-/m0/s1. The molecule has 3 amide bonds. The van der Waals surface area contributed by atoms with Crippen LogP contribution in [-0.4, -0.2) is 38.0 Å². The van der Waals surface area contributed by atoms with Crippen LogP contribution in [0.25, 0.3) is 0 Å². The third-order valence-electron chi connectivity index (χ3n) is 3.41. The highest BCUT2D eigenvalue weighted by atomic mass is 79.9. The van der Waals surface area contributed by atoms with E-state index in [2.05, 4.69) is 26.6 Å². The van der Waals surface area contributed by atoms with E-state index in [9.17, 15) is 9.59 Å². The first kappa shape index (κ1) is 16.4. The zero-order chi connectivity index (χ0) is 16.4. The molecule has 0 unspecified atom stereocenters. The number of hydrogen-bond donors (Lipinski definition) is 2. The smallest absolute Gasteiger partial charge is 0.319 e. The van der Waals surface area contributed by atoms with Crippen molar-refractivity contribution < 1.29 is 14.3 Å². The Balaban J connectivity index is 2.60. The molecule has 0 fully saturated rings. The van der Waals surface area contributed by atoms with Gasteiger partial charge < -0.3 is 20.3 Å². The second-order valence-electron chi connectivity index (χ2n) is 5.16. The second-order valence-corrected chi connectivity index (χ2v) is 6.07. The highest BCUT2D eigenvalue weighted by molar-refractivity contribution is 9.10. The van der Waals surface area contributed by atoms with Crippen LogP contribution in [0, 0.1) is 0 Å². The third-order valence-corrected chi connectivity index (χ3v) is 3.90. The summed E-state index contributed by atoms with van der Waals surface area (Å²) in [6.07, 6.45) is 0. The fraction of sp³-hybridized carbons (Fsp3) is 0.333. The first-order chi connectivity index (χ1) is 10.3. The van der Waals surface area contributed by atoms with Crippen molar-refractivity contribution in [2.45, 2.75) is 13.0 Å². The van der Waals surface area contributed by atoms with E-state index in [1.807, 2.05) is 12.1 Å². The Morgan fingerprint density at radius 3 is 2.64 bits per heavy atom. The molecule has 0 bridgehead atoms. The van der Waals surface area contributed by atoms with E-state index in [0.29, 0.717) is 17.0 Å². The van der Waals surface area contributed by atoms with Crippen LogP contribution in [0.3, 0.4) is 0 Å². The predicted molar refractivity (Wildman–Crippen MR) is 86.5 cm³/mol. The van der Waals surface area contributed by atoms with E-state index in [0.717, 1.165) is 10.0 Å². The highest BCUT2D eigenvalue weighted by Gasteiger charge is 2.33. The maximum absolute atomic E-state index is 12.5. The summed E-state index contributed by atoms with van der Waals surface area (Å²) < 4.78 is 6.21. The molecule has 0 radical (unpaired) electrons. The quantitative estimate of drug-likeness (QED) is 0.859. The van der Waals surface area contributed by atoms with Gasteiger partial charge in [-0.3, -0.25) is 4.79 Å². The van der Waals surface area contributed by atoms with Crippen molar-refractivity contribution in [3.05, 3.63) is 39.5 Å². The second kappa shape index (κ2) is 6.39. The van der Waals surface area contributed by atoms with Crippen LogP contribution < -0.4 is 15.4 Å². The molecule has 0 aliphatic carbocycles. The number of methoxy groups -OCH3 is 1. The topological polar surface area (TPSA) is 70.7 Å². The Hall–Kier alpha value is -2.02. The van der Waals surface area contributed by atoms with Crippen molar-refractivity contribution in [2.75, 3.05) is 21.2 Å². The summed E-state index contributed by atoms with van der Waals surface area (Å²) in [7, 11) is 4.90. The minimum Gasteiger partial charge on any atom is -0.496 e. The van der Waals surface area contributed by atoms with Crippen molar-refractivity contribution in [3.63, 3.8) is 0 Å². The predicted octanol–water partition coefficient (Wildman–Crippen LogP) is 2.17. The lowest BCUT2D eigenvalue weighted by molar-refractivity contribution is -0.125. The number of likely N-dealkylation sites (N-methyl/N-ethyl adjacent to an activating group) is 1. The summed E-state index contributed by atoms with van der Waals surface area (Å²) >= 11 is 3.41. The molecule has 0 aromatic heterocycles. The minimum atomic E-state index is -0.573. The molecule has 0 saturated carbocycles. The summed E-state index contributed by atoms with van der Waals surface area (Å²) in [6.45, 7) is 1.72. The maximum Gasteiger partial charge on any atom is 0.319 e. The van der Waals surface area contributed by atoms with Crippen LogP contribution in [0.5, 0.6) is 5.75 Å². The number of rotatable bonds is 3. The molecule has 1 aliphatic heterocycles. The summed E-state index contributed by atoms with van der Waals surface area (Å²) in [6, 6.07) is 4.55. The zero-order valence-corrected chi connectivity index (χ0v) is 14.4. The third kappa shape index (κ3) is 3.09. The van der Waals surface area contributed by atoms with Gasteiger partial charge in [-0.25, -0.2) is 4.79 Å². The van der Waals surface area contributed by atoms with E-state index < -0.39 is 6.04 Å². The van der Waals surface area contributed by atoms with Gasteiger partial charge in [-0.15, -0.1) is 0 Å². The number of ether oxygens (including phenoxy) is 1. The van der Waals surface area contributed by atoms with Gasteiger partial charge in [0.05, 0.1) is 18.7 Å². The molecule has 22 heavy (non-hydrogen) atoms. The zero-order valence-electron chi connectivity index (χ0n) is 12.9.